The normalized spacial score (nSPS) is 20.6. The second-order valence-corrected chi connectivity index (χ2v) is 7.01. The highest BCUT2D eigenvalue weighted by atomic mass is 127. The summed E-state index contributed by atoms with van der Waals surface area (Å²) in [5, 5.41) is 3.37. The number of piperidine rings is 1. The number of nitrogens with one attached hydrogen (secondary N) is 1. The topological polar surface area (TPSA) is 45.5 Å². The zero-order chi connectivity index (χ0) is 17.8. The molecule has 0 bridgehead atoms. The number of hydrogen-bond acceptors (Lipinski definition) is 2. The Hall–Kier alpha value is -1.64. The van der Waals surface area contributed by atoms with E-state index in [0.29, 0.717) is 24.1 Å². The zero-order valence-corrected chi connectivity index (χ0v) is 17.9. The van der Waals surface area contributed by atoms with Crippen LogP contribution >= 0.6 is 24.0 Å². The molecule has 26 heavy (non-hydrogen) atoms. The van der Waals surface area contributed by atoms with Gasteiger partial charge in [0.25, 0.3) is 0 Å². The lowest BCUT2D eigenvalue weighted by Gasteiger charge is -2.37. The molecule has 0 amide bonds. The van der Waals surface area contributed by atoms with Crippen LogP contribution in [0.4, 0.5) is 4.39 Å². The summed E-state index contributed by atoms with van der Waals surface area (Å²) >= 11 is 0. The number of rotatable bonds is 3. The van der Waals surface area contributed by atoms with Crippen LogP contribution in [-0.2, 0) is 6.54 Å². The van der Waals surface area contributed by atoms with Crippen LogP contribution in [0.1, 0.15) is 25.8 Å². The Kier molecular flexibility index (Phi) is 7.43. The first kappa shape index (κ1) is 20.7. The van der Waals surface area contributed by atoms with E-state index in [1.165, 1.54) is 6.42 Å². The number of benzene rings is 1. The van der Waals surface area contributed by atoms with Gasteiger partial charge in [0, 0.05) is 39.1 Å². The van der Waals surface area contributed by atoms with Crippen molar-refractivity contribution in [1.82, 2.24) is 19.8 Å². The lowest BCUT2D eigenvalue weighted by atomic mass is 9.92. The summed E-state index contributed by atoms with van der Waals surface area (Å²) in [5.74, 6) is 1.95. The predicted octanol–water partition coefficient (Wildman–Crippen LogP) is 3.68. The van der Waals surface area contributed by atoms with Gasteiger partial charge < -0.3 is 14.8 Å². The van der Waals surface area contributed by atoms with Gasteiger partial charge in [-0.3, -0.25) is 4.99 Å². The molecule has 2 heterocycles. The first-order valence-corrected chi connectivity index (χ1v) is 8.79. The zero-order valence-electron chi connectivity index (χ0n) is 15.5. The Morgan fingerprint density at radius 3 is 2.62 bits per heavy atom. The van der Waals surface area contributed by atoms with Crippen LogP contribution in [0, 0.1) is 17.7 Å². The molecule has 1 N–H and O–H groups in total. The maximum absolute atomic E-state index is 14.4. The molecule has 1 fully saturated rings. The van der Waals surface area contributed by atoms with Crippen molar-refractivity contribution in [1.29, 1.82) is 0 Å². The van der Waals surface area contributed by atoms with E-state index in [9.17, 15) is 4.39 Å². The number of nitrogens with zero attached hydrogens (tertiary/aromatic N) is 4. The summed E-state index contributed by atoms with van der Waals surface area (Å²) in [6.45, 7) is 7.13. The van der Waals surface area contributed by atoms with E-state index in [1.807, 2.05) is 6.07 Å². The summed E-state index contributed by atoms with van der Waals surface area (Å²) in [6, 6.07) is 5.28. The molecule has 5 nitrogen and oxygen atoms in total. The summed E-state index contributed by atoms with van der Waals surface area (Å²) in [5.41, 5.74) is 1.39. The van der Waals surface area contributed by atoms with Gasteiger partial charge in [0.15, 0.2) is 5.96 Å². The highest BCUT2D eigenvalue weighted by molar-refractivity contribution is 14.0. The van der Waals surface area contributed by atoms with Crippen LogP contribution in [0.3, 0.4) is 0 Å². The second kappa shape index (κ2) is 9.34. The molecule has 7 heteroatoms. The van der Waals surface area contributed by atoms with E-state index in [-0.39, 0.29) is 29.8 Å². The predicted molar refractivity (Wildman–Crippen MR) is 114 cm³/mol. The average Bonchev–Trinajstić information content (AvgIpc) is 3.09. The molecule has 0 aliphatic carbocycles. The fraction of sp³-hybridized carbons (Fsp3) is 0.474. The van der Waals surface area contributed by atoms with E-state index >= 15 is 0 Å². The monoisotopic (exact) mass is 471 g/mol. The molecule has 142 valence electrons. The maximum atomic E-state index is 14.4. The van der Waals surface area contributed by atoms with Gasteiger partial charge in [0.05, 0.1) is 12.0 Å². The summed E-state index contributed by atoms with van der Waals surface area (Å²) in [6.07, 6.45) is 6.22. The molecule has 0 spiro atoms. The van der Waals surface area contributed by atoms with Crippen molar-refractivity contribution >= 4 is 29.9 Å². The minimum atomic E-state index is -0.257. The number of likely N-dealkylation sites (tertiary alicyclic amines) is 1. The molecular weight excluding hydrogens is 444 g/mol. The molecule has 1 saturated heterocycles. The van der Waals surface area contributed by atoms with Crippen molar-refractivity contribution in [3.8, 4) is 5.69 Å². The van der Waals surface area contributed by atoms with Crippen molar-refractivity contribution in [2.75, 3.05) is 20.1 Å². The minimum Gasteiger partial charge on any atom is -0.352 e. The van der Waals surface area contributed by atoms with Gasteiger partial charge in [-0.1, -0.05) is 19.9 Å². The number of aromatic nitrogens is 2. The van der Waals surface area contributed by atoms with Crippen molar-refractivity contribution in [3.63, 3.8) is 0 Å². The minimum absolute atomic E-state index is 0. The fourth-order valence-electron chi connectivity index (χ4n) is 3.62. The van der Waals surface area contributed by atoms with Crippen LogP contribution in [0.5, 0.6) is 0 Å². The molecule has 2 aromatic rings. The summed E-state index contributed by atoms with van der Waals surface area (Å²) in [4.78, 5) is 10.7. The van der Waals surface area contributed by atoms with Crippen molar-refractivity contribution < 1.29 is 4.39 Å². The molecule has 1 aliphatic heterocycles. The number of halogens is 2. The first-order chi connectivity index (χ1) is 12.1. The van der Waals surface area contributed by atoms with Crippen LogP contribution in [0.15, 0.2) is 41.9 Å². The molecule has 2 unspecified atom stereocenters. The third-order valence-corrected chi connectivity index (χ3v) is 4.63. The number of aliphatic imine (C=N–C) groups is 1. The lowest BCUT2D eigenvalue weighted by Crippen LogP contribution is -2.48. The van der Waals surface area contributed by atoms with Gasteiger partial charge in [0.1, 0.15) is 5.82 Å². The Morgan fingerprint density at radius 1 is 1.31 bits per heavy atom. The van der Waals surface area contributed by atoms with E-state index in [2.05, 4.69) is 34.0 Å². The van der Waals surface area contributed by atoms with Crippen molar-refractivity contribution in [2.45, 2.75) is 26.8 Å². The molecule has 0 saturated carbocycles. The Labute approximate surface area is 171 Å². The highest BCUT2D eigenvalue weighted by Crippen LogP contribution is 2.21. The first-order valence-electron chi connectivity index (χ1n) is 8.79. The molecule has 1 aliphatic rings. The standard InChI is InChI=1S/C19H26FN5.HI/c1-14-8-15(2)12-25(11-14)19(21-3)23-10-16-4-5-18(17(20)9-16)24-7-6-22-13-24;/h4-7,9,13-15H,8,10-12H2,1-3H3,(H,21,23);1H. The molecule has 2 atom stereocenters. The largest absolute Gasteiger partial charge is 0.352 e. The molecule has 3 rings (SSSR count). The number of hydrogen-bond donors (Lipinski definition) is 1. The van der Waals surface area contributed by atoms with Crippen molar-refractivity contribution in [3.05, 3.63) is 48.3 Å². The summed E-state index contributed by atoms with van der Waals surface area (Å²) < 4.78 is 16.0. The van der Waals surface area contributed by atoms with Crippen LogP contribution in [-0.4, -0.2) is 40.5 Å². The maximum Gasteiger partial charge on any atom is 0.193 e. The van der Waals surface area contributed by atoms with Gasteiger partial charge in [-0.25, -0.2) is 9.37 Å². The van der Waals surface area contributed by atoms with Crippen molar-refractivity contribution in [2.24, 2.45) is 16.8 Å². The van der Waals surface area contributed by atoms with Gasteiger partial charge in [-0.15, -0.1) is 24.0 Å². The van der Waals surface area contributed by atoms with Gasteiger partial charge in [-0.2, -0.15) is 0 Å². The Balaban J connectivity index is 0.00000243. The average molecular weight is 471 g/mol. The lowest BCUT2D eigenvalue weighted by molar-refractivity contribution is 0.208. The second-order valence-electron chi connectivity index (χ2n) is 7.01. The van der Waals surface area contributed by atoms with Gasteiger partial charge in [0.2, 0.25) is 0 Å². The smallest absolute Gasteiger partial charge is 0.193 e. The number of imidazole rings is 1. The highest BCUT2D eigenvalue weighted by Gasteiger charge is 2.23. The molecule has 1 aromatic heterocycles. The third-order valence-electron chi connectivity index (χ3n) is 4.63. The molecule has 0 radical (unpaired) electrons. The van der Waals surface area contributed by atoms with Crippen LogP contribution in [0.2, 0.25) is 0 Å². The SMILES string of the molecule is CN=C(NCc1ccc(-n2ccnc2)c(F)c1)N1CC(C)CC(C)C1.I. The van der Waals surface area contributed by atoms with Gasteiger partial charge >= 0.3 is 0 Å². The molecular formula is C19H27FIN5. The van der Waals surface area contributed by atoms with E-state index < -0.39 is 0 Å². The Morgan fingerprint density at radius 2 is 2.04 bits per heavy atom. The van der Waals surface area contributed by atoms with Crippen LogP contribution < -0.4 is 5.32 Å². The number of guanidine groups is 1. The third kappa shape index (κ3) is 4.96. The van der Waals surface area contributed by atoms with E-state index in [1.54, 1.807) is 42.5 Å². The molecule has 1 aromatic carbocycles. The summed E-state index contributed by atoms with van der Waals surface area (Å²) in [7, 11) is 1.80. The van der Waals surface area contributed by atoms with Crippen LogP contribution in [0.25, 0.3) is 5.69 Å². The van der Waals surface area contributed by atoms with Gasteiger partial charge in [-0.05, 0) is 36.0 Å². The quantitative estimate of drug-likeness (QED) is 0.422. The Bertz CT molecular complexity index is 722. The van der Waals surface area contributed by atoms with E-state index in [4.69, 9.17) is 0 Å². The fourth-order valence-corrected chi connectivity index (χ4v) is 3.62. The van der Waals surface area contributed by atoms with E-state index in [0.717, 1.165) is 24.6 Å².